The highest BCUT2D eigenvalue weighted by Gasteiger charge is 2.06. The topological polar surface area (TPSA) is 35.0 Å². The zero-order chi connectivity index (χ0) is 13.2. The van der Waals surface area contributed by atoms with Crippen LogP contribution in [0, 0.1) is 3.57 Å². The minimum Gasteiger partial charge on any atom is -0.455 e. The minimum absolute atomic E-state index is 0.707. The molecule has 0 saturated heterocycles. The second kappa shape index (κ2) is 5.42. The summed E-state index contributed by atoms with van der Waals surface area (Å²) in [4.78, 5) is 8.64. The molecule has 1 aromatic carbocycles. The maximum atomic E-state index is 5.87. The van der Waals surface area contributed by atoms with Crippen LogP contribution in [0.4, 0.5) is 0 Å². The Morgan fingerprint density at radius 2 is 1.84 bits per heavy atom. The summed E-state index contributed by atoms with van der Waals surface area (Å²) in [7, 11) is 0. The molecule has 0 atom stereocenters. The maximum Gasteiger partial charge on any atom is 0.156 e. The van der Waals surface area contributed by atoms with Gasteiger partial charge in [-0.2, -0.15) is 0 Å². The molecule has 0 unspecified atom stereocenters. The number of aromatic nitrogens is 2. The highest BCUT2D eigenvalue weighted by molar-refractivity contribution is 14.1. The van der Waals surface area contributed by atoms with E-state index in [1.54, 1.807) is 12.4 Å². The summed E-state index contributed by atoms with van der Waals surface area (Å²) in [6, 6.07) is 11.6. The second-order valence-corrected chi connectivity index (χ2v) is 6.05. The Morgan fingerprint density at radius 1 is 1.05 bits per heavy atom. The van der Waals surface area contributed by atoms with E-state index >= 15 is 0 Å². The quantitative estimate of drug-likeness (QED) is 0.552. The van der Waals surface area contributed by atoms with E-state index in [0.717, 1.165) is 21.3 Å². The average Bonchev–Trinajstić information content (AvgIpc) is 2.41. The van der Waals surface area contributed by atoms with Crippen molar-refractivity contribution in [1.29, 1.82) is 0 Å². The van der Waals surface area contributed by atoms with Gasteiger partial charge in [-0.1, -0.05) is 0 Å². The molecule has 0 spiro atoms. The molecule has 0 aliphatic carbocycles. The summed E-state index contributed by atoms with van der Waals surface area (Å²) >= 11 is 5.65. The van der Waals surface area contributed by atoms with Crippen LogP contribution in [0.3, 0.4) is 0 Å². The molecule has 0 aliphatic rings. The molecular formula is C14H8BrIN2O. The predicted molar refractivity (Wildman–Crippen MR) is 86.5 cm³/mol. The van der Waals surface area contributed by atoms with Gasteiger partial charge >= 0.3 is 0 Å². The first kappa shape index (κ1) is 12.8. The summed E-state index contributed by atoms with van der Waals surface area (Å²) in [5.74, 6) is 1.50. The number of benzene rings is 1. The Bertz CT molecular complexity index is 731. The van der Waals surface area contributed by atoms with Crippen LogP contribution >= 0.6 is 38.5 Å². The summed E-state index contributed by atoms with van der Waals surface area (Å²) in [5.41, 5.74) is 1.56. The van der Waals surface area contributed by atoms with Crippen LogP contribution in [0.5, 0.6) is 11.5 Å². The van der Waals surface area contributed by atoms with Gasteiger partial charge in [0.25, 0.3) is 0 Å². The zero-order valence-corrected chi connectivity index (χ0v) is 13.4. The number of pyridine rings is 2. The Labute approximate surface area is 132 Å². The first-order chi connectivity index (χ1) is 9.22. The summed E-state index contributed by atoms with van der Waals surface area (Å²) in [6.45, 7) is 0. The third-order valence-electron chi connectivity index (χ3n) is 2.55. The Hall–Kier alpha value is -1.21. The zero-order valence-electron chi connectivity index (χ0n) is 9.68. The van der Waals surface area contributed by atoms with E-state index in [4.69, 9.17) is 4.74 Å². The van der Waals surface area contributed by atoms with Crippen molar-refractivity contribution >= 4 is 49.6 Å². The molecule has 2 aromatic heterocycles. The highest BCUT2D eigenvalue weighted by atomic mass is 127. The van der Waals surface area contributed by atoms with Crippen LogP contribution in [0.25, 0.3) is 11.0 Å². The molecular weight excluding hydrogens is 419 g/mol. The Morgan fingerprint density at radius 3 is 2.63 bits per heavy atom. The molecule has 0 saturated carbocycles. The summed E-state index contributed by atoms with van der Waals surface area (Å²) in [5, 5.41) is 0. The van der Waals surface area contributed by atoms with E-state index in [9.17, 15) is 0 Å². The van der Waals surface area contributed by atoms with Crippen LogP contribution in [-0.4, -0.2) is 9.97 Å². The van der Waals surface area contributed by atoms with E-state index in [1.807, 2.05) is 36.4 Å². The molecule has 0 radical (unpaired) electrons. The van der Waals surface area contributed by atoms with Gasteiger partial charge in [-0.25, -0.2) is 4.98 Å². The van der Waals surface area contributed by atoms with Crippen LogP contribution in [0.1, 0.15) is 0 Å². The van der Waals surface area contributed by atoms with Crippen molar-refractivity contribution in [2.75, 3.05) is 0 Å². The van der Waals surface area contributed by atoms with Gasteiger partial charge in [0.05, 0.1) is 5.52 Å². The number of hydrogen-bond acceptors (Lipinski definition) is 3. The average molecular weight is 427 g/mol. The van der Waals surface area contributed by atoms with E-state index in [1.165, 1.54) is 3.57 Å². The molecule has 94 valence electrons. The Balaban J connectivity index is 2.03. The normalized spacial score (nSPS) is 10.6. The van der Waals surface area contributed by atoms with E-state index in [-0.39, 0.29) is 0 Å². The lowest BCUT2D eigenvalue weighted by Gasteiger charge is -2.08. The van der Waals surface area contributed by atoms with Crippen molar-refractivity contribution in [3.05, 3.63) is 56.8 Å². The molecule has 0 aliphatic heterocycles. The monoisotopic (exact) mass is 426 g/mol. The number of nitrogens with zero attached hydrogens (tertiary/aromatic N) is 2. The fourth-order valence-electron chi connectivity index (χ4n) is 1.69. The standard InChI is InChI=1S/C14H8BrIN2O/c15-9-7-12-14(18-8-9)13(5-6-17-12)19-11-3-1-10(16)2-4-11/h1-8H. The molecule has 3 rings (SSSR count). The van der Waals surface area contributed by atoms with Crippen molar-refractivity contribution in [3.63, 3.8) is 0 Å². The molecule has 0 bridgehead atoms. The molecule has 0 N–H and O–H groups in total. The van der Waals surface area contributed by atoms with E-state index in [2.05, 4.69) is 48.5 Å². The van der Waals surface area contributed by atoms with Crippen molar-refractivity contribution in [3.8, 4) is 11.5 Å². The van der Waals surface area contributed by atoms with Crippen LogP contribution < -0.4 is 4.74 Å². The van der Waals surface area contributed by atoms with Gasteiger partial charge < -0.3 is 4.74 Å². The van der Waals surface area contributed by atoms with Crippen molar-refractivity contribution in [2.24, 2.45) is 0 Å². The van der Waals surface area contributed by atoms with Crippen LogP contribution in [-0.2, 0) is 0 Å². The number of halogens is 2. The van der Waals surface area contributed by atoms with Gasteiger partial charge in [0.15, 0.2) is 5.75 Å². The van der Waals surface area contributed by atoms with Crippen molar-refractivity contribution in [2.45, 2.75) is 0 Å². The van der Waals surface area contributed by atoms with E-state index in [0.29, 0.717) is 5.75 Å². The van der Waals surface area contributed by atoms with Crippen molar-refractivity contribution < 1.29 is 4.74 Å². The van der Waals surface area contributed by atoms with Crippen LogP contribution in [0.15, 0.2) is 53.3 Å². The van der Waals surface area contributed by atoms with Gasteiger partial charge in [0.2, 0.25) is 0 Å². The molecule has 5 heteroatoms. The highest BCUT2D eigenvalue weighted by Crippen LogP contribution is 2.28. The number of hydrogen-bond donors (Lipinski definition) is 0. The molecule has 19 heavy (non-hydrogen) atoms. The molecule has 3 aromatic rings. The number of fused-ring (bicyclic) bond motifs is 1. The number of ether oxygens (including phenoxy) is 1. The van der Waals surface area contributed by atoms with Gasteiger partial charge in [0.1, 0.15) is 11.3 Å². The SMILES string of the molecule is Brc1cnc2c(Oc3ccc(I)cc3)ccnc2c1. The third kappa shape index (κ3) is 2.87. The molecule has 3 nitrogen and oxygen atoms in total. The first-order valence-corrected chi connectivity index (χ1v) is 7.43. The molecule has 0 amide bonds. The molecule has 0 fully saturated rings. The van der Waals surface area contributed by atoms with Gasteiger partial charge in [-0.3, -0.25) is 4.98 Å². The lowest BCUT2D eigenvalue weighted by molar-refractivity contribution is 0.486. The summed E-state index contributed by atoms with van der Waals surface area (Å²) in [6.07, 6.45) is 3.46. The van der Waals surface area contributed by atoms with Gasteiger partial charge in [-0.05, 0) is 68.9 Å². The number of rotatable bonds is 2. The smallest absolute Gasteiger partial charge is 0.156 e. The predicted octanol–water partition coefficient (Wildman–Crippen LogP) is 4.79. The second-order valence-electron chi connectivity index (χ2n) is 3.89. The van der Waals surface area contributed by atoms with Crippen molar-refractivity contribution in [1.82, 2.24) is 9.97 Å². The molecule has 2 heterocycles. The fraction of sp³-hybridized carbons (Fsp3) is 0. The van der Waals surface area contributed by atoms with Gasteiger partial charge in [-0.15, -0.1) is 0 Å². The lowest BCUT2D eigenvalue weighted by Crippen LogP contribution is -1.90. The van der Waals surface area contributed by atoms with Gasteiger partial charge in [0, 0.05) is 26.5 Å². The minimum atomic E-state index is 0.707. The Kier molecular flexibility index (Phi) is 3.65. The summed E-state index contributed by atoms with van der Waals surface area (Å²) < 4.78 is 7.94. The first-order valence-electron chi connectivity index (χ1n) is 5.56. The lowest BCUT2D eigenvalue weighted by atomic mass is 10.3. The van der Waals surface area contributed by atoms with E-state index < -0.39 is 0 Å². The van der Waals surface area contributed by atoms with Crippen LogP contribution in [0.2, 0.25) is 0 Å². The fourth-order valence-corrected chi connectivity index (χ4v) is 2.37. The third-order valence-corrected chi connectivity index (χ3v) is 3.70. The largest absolute Gasteiger partial charge is 0.455 e. The maximum absolute atomic E-state index is 5.87.